The number of fused-ring (bicyclic) bond motifs is 9. The molecule has 0 aliphatic rings. The molecular weight excluding hydrogens is 723 g/mol. The number of hydrogen-bond acceptors (Lipinski definition) is 3. The molecule has 0 radical (unpaired) electrons. The lowest BCUT2D eigenvalue weighted by atomic mass is 9.96. The Morgan fingerprint density at radius 2 is 0.931 bits per heavy atom. The molecule has 0 aliphatic heterocycles. The molecule has 3 nitrogen and oxygen atoms in total. The Morgan fingerprint density at radius 3 is 1.74 bits per heavy atom. The summed E-state index contributed by atoms with van der Waals surface area (Å²) in [4.78, 5) is 10.6. The fourth-order valence-corrected chi connectivity index (χ4v) is 9.88. The van der Waals surface area contributed by atoms with Gasteiger partial charge >= 0.3 is 0 Å². The minimum absolute atomic E-state index is 0.662. The highest BCUT2D eigenvalue weighted by Crippen LogP contribution is 2.40. The van der Waals surface area contributed by atoms with Crippen molar-refractivity contribution in [2.75, 3.05) is 0 Å². The van der Waals surface area contributed by atoms with E-state index >= 15 is 0 Å². The molecule has 0 saturated carbocycles. The maximum atomic E-state index is 5.36. The van der Waals surface area contributed by atoms with Crippen molar-refractivity contribution in [2.45, 2.75) is 0 Å². The second-order valence-electron chi connectivity index (χ2n) is 15.0. The second-order valence-corrected chi connectivity index (χ2v) is 16.1. The Kier molecular flexibility index (Phi) is 7.40. The van der Waals surface area contributed by atoms with Crippen molar-refractivity contribution in [1.82, 2.24) is 14.5 Å². The Bertz CT molecular complexity index is 3540. The summed E-state index contributed by atoms with van der Waals surface area (Å²) >= 11 is 1.86. The van der Waals surface area contributed by atoms with Crippen LogP contribution < -0.4 is 0 Å². The average Bonchev–Trinajstić information content (AvgIpc) is 3.84. The molecular formula is C54H33N3S. The van der Waals surface area contributed by atoms with E-state index in [1.807, 2.05) is 11.3 Å². The molecule has 12 rings (SSSR count). The molecule has 0 amide bonds. The fourth-order valence-electron chi connectivity index (χ4n) is 8.79. The first-order chi connectivity index (χ1) is 28.7. The summed E-state index contributed by atoms with van der Waals surface area (Å²) < 4.78 is 4.90. The Morgan fingerprint density at radius 1 is 0.345 bits per heavy atom. The molecule has 0 saturated heterocycles. The predicted molar refractivity (Wildman–Crippen MR) is 246 cm³/mol. The SMILES string of the molecule is c1ccc(-c2ccc(-c3nc(-n4c5ccccc5c5c6ccc(-c7ccc(-c8ccc9sc%10ccccc%10c9c8)cc7)cc6ccc54)nc4ccccc34)cc2)cc1. The van der Waals surface area contributed by atoms with Crippen LogP contribution >= 0.6 is 11.3 Å². The van der Waals surface area contributed by atoms with Gasteiger partial charge in [0.25, 0.3) is 0 Å². The Balaban J connectivity index is 0.949. The van der Waals surface area contributed by atoms with Crippen molar-refractivity contribution in [3.8, 4) is 50.6 Å². The maximum Gasteiger partial charge on any atom is 0.235 e. The van der Waals surface area contributed by atoms with E-state index in [9.17, 15) is 0 Å². The van der Waals surface area contributed by atoms with Crippen molar-refractivity contribution < 1.29 is 0 Å². The monoisotopic (exact) mass is 755 g/mol. The third-order valence-corrected chi connectivity index (χ3v) is 12.8. The van der Waals surface area contributed by atoms with Gasteiger partial charge in [-0.25, -0.2) is 9.97 Å². The van der Waals surface area contributed by atoms with Gasteiger partial charge in [0.1, 0.15) is 0 Å². The minimum Gasteiger partial charge on any atom is -0.278 e. The van der Waals surface area contributed by atoms with Gasteiger partial charge in [0.05, 0.1) is 22.2 Å². The van der Waals surface area contributed by atoms with Crippen LogP contribution in [0.1, 0.15) is 0 Å². The average molecular weight is 756 g/mol. The van der Waals surface area contributed by atoms with E-state index in [4.69, 9.17) is 9.97 Å². The summed E-state index contributed by atoms with van der Waals surface area (Å²) in [6, 6.07) is 72.1. The molecule has 58 heavy (non-hydrogen) atoms. The maximum absolute atomic E-state index is 5.36. The third kappa shape index (κ3) is 5.27. The van der Waals surface area contributed by atoms with Crippen LogP contribution in [0.15, 0.2) is 200 Å². The van der Waals surface area contributed by atoms with Gasteiger partial charge in [0.2, 0.25) is 5.95 Å². The number of hydrogen-bond donors (Lipinski definition) is 0. The number of thiophene rings is 1. The zero-order valence-electron chi connectivity index (χ0n) is 31.3. The van der Waals surface area contributed by atoms with Crippen LogP contribution in [-0.2, 0) is 0 Å². The summed E-state index contributed by atoms with van der Waals surface area (Å²) in [5.74, 6) is 0.662. The summed E-state index contributed by atoms with van der Waals surface area (Å²) in [5, 5.41) is 8.48. The molecule has 3 aromatic heterocycles. The largest absolute Gasteiger partial charge is 0.278 e. The molecule has 9 aromatic carbocycles. The molecule has 12 aromatic rings. The Labute approximate surface area is 338 Å². The highest BCUT2D eigenvalue weighted by atomic mass is 32.1. The third-order valence-electron chi connectivity index (χ3n) is 11.6. The molecule has 0 fully saturated rings. The molecule has 0 bridgehead atoms. The lowest BCUT2D eigenvalue weighted by molar-refractivity contribution is 1.01. The molecule has 270 valence electrons. The van der Waals surface area contributed by atoms with Gasteiger partial charge < -0.3 is 0 Å². The normalized spacial score (nSPS) is 11.8. The lowest BCUT2D eigenvalue weighted by Crippen LogP contribution is -2.03. The standard InChI is InChI=1S/C54H33N3S/c1-2-10-34(11-3-1)35-22-24-38(25-23-35)53-44-13-4-7-15-47(44)55-54(56-53)57-48-16-8-5-14-45(48)52-42-29-26-39(32-41(42)27-30-49(52)57)36-18-20-37(21-19-36)40-28-31-51-46(33-40)43-12-6-9-17-50(43)58-51/h1-33H. The quantitative estimate of drug-likeness (QED) is 0.175. The number of rotatable bonds is 5. The van der Waals surface area contributed by atoms with Crippen LogP contribution in [-0.4, -0.2) is 14.5 Å². The van der Waals surface area contributed by atoms with Gasteiger partial charge in [-0.15, -0.1) is 11.3 Å². The van der Waals surface area contributed by atoms with Crippen LogP contribution in [0.4, 0.5) is 0 Å². The van der Waals surface area contributed by atoms with Crippen molar-refractivity contribution in [2.24, 2.45) is 0 Å². The Hall–Kier alpha value is -7.40. The van der Waals surface area contributed by atoms with Crippen LogP contribution in [0.2, 0.25) is 0 Å². The number of benzene rings is 9. The molecule has 0 spiro atoms. The topological polar surface area (TPSA) is 30.7 Å². The molecule has 0 aliphatic carbocycles. The molecule has 3 heterocycles. The highest BCUT2D eigenvalue weighted by molar-refractivity contribution is 7.25. The van der Waals surface area contributed by atoms with Gasteiger partial charge in [0.15, 0.2) is 0 Å². The zero-order valence-corrected chi connectivity index (χ0v) is 32.1. The van der Waals surface area contributed by atoms with Gasteiger partial charge in [-0.3, -0.25) is 4.57 Å². The summed E-state index contributed by atoms with van der Waals surface area (Å²) in [6.45, 7) is 0. The van der Waals surface area contributed by atoms with E-state index in [2.05, 4.69) is 205 Å². The lowest BCUT2D eigenvalue weighted by Gasteiger charge is -2.12. The van der Waals surface area contributed by atoms with Crippen molar-refractivity contribution >= 4 is 75.0 Å². The zero-order chi connectivity index (χ0) is 38.2. The smallest absolute Gasteiger partial charge is 0.235 e. The second kappa shape index (κ2) is 13.1. The van der Waals surface area contributed by atoms with Gasteiger partial charge in [0, 0.05) is 41.9 Å². The van der Waals surface area contributed by atoms with Gasteiger partial charge in [-0.2, -0.15) is 0 Å². The van der Waals surface area contributed by atoms with E-state index < -0.39 is 0 Å². The summed E-state index contributed by atoms with van der Waals surface area (Å²) in [7, 11) is 0. The van der Waals surface area contributed by atoms with E-state index in [0.717, 1.165) is 33.2 Å². The van der Waals surface area contributed by atoms with Crippen LogP contribution in [0.5, 0.6) is 0 Å². The number of aromatic nitrogens is 3. The van der Waals surface area contributed by atoms with Gasteiger partial charge in [-0.05, 0) is 86.6 Å². The molecule has 0 N–H and O–H groups in total. The first kappa shape index (κ1) is 32.8. The van der Waals surface area contributed by atoms with Crippen molar-refractivity contribution in [1.29, 1.82) is 0 Å². The van der Waals surface area contributed by atoms with E-state index in [0.29, 0.717) is 5.95 Å². The highest BCUT2D eigenvalue weighted by Gasteiger charge is 2.19. The molecule has 0 atom stereocenters. The van der Waals surface area contributed by atoms with Crippen LogP contribution in [0.3, 0.4) is 0 Å². The number of para-hydroxylation sites is 2. The van der Waals surface area contributed by atoms with Crippen LogP contribution in [0, 0.1) is 0 Å². The molecule has 0 unspecified atom stereocenters. The van der Waals surface area contributed by atoms with Crippen LogP contribution in [0.25, 0.3) is 114 Å². The van der Waals surface area contributed by atoms with E-state index in [1.165, 1.54) is 75.1 Å². The van der Waals surface area contributed by atoms with E-state index in [1.54, 1.807) is 0 Å². The van der Waals surface area contributed by atoms with E-state index in [-0.39, 0.29) is 0 Å². The predicted octanol–water partition coefficient (Wildman–Crippen LogP) is 14.9. The molecule has 4 heteroatoms. The first-order valence-electron chi connectivity index (χ1n) is 19.6. The van der Waals surface area contributed by atoms with Gasteiger partial charge in [-0.1, -0.05) is 158 Å². The van der Waals surface area contributed by atoms with Crippen molar-refractivity contribution in [3.05, 3.63) is 200 Å². The summed E-state index contributed by atoms with van der Waals surface area (Å²) in [6.07, 6.45) is 0. The first-order valence-corrected chi connectivity index (χ1v) is 20.5. The fraction of sp³-hybridized carbons (Fsp3) is 0. The van der Waals surface area contributed by atoms with Crippen molar-refractivity contribution in [3.63, 3.8) is 0 Å². The minimum atomic E-state index is 0.662. The number of nitrogens with zero attached hydrogens (tertiary/aromatic N) is 3. The summed E-state index contributed by atoms with van der Waals surface area (Å²) in [5.41, 5.74) is 12.3.